The number of hydrogen-bond donors (Lipinski definition) is 2. The van der Waals surface area contributed by atoms with Crippen LogP contribution in [-0.4, -0.2) is 30.6 Å². The van der Waals surface area contributed by atoms with E-state index in [1.807, 2.05) is 0 Å². The van der Waals surface area contributed by atoms with Gasteiger partial charge in [-0.2, -0.15) is 0 Å². The van der Waals surface area contributed by atoms with Gasteiger partial charge in [0.1, 0.15) is 0 Å². The number of esters is 1. The van der Waals surface area contributed by atoms with E-state index in [0.29, 0.717) is 5.92 Å². The lowest BCUT2D eigenvalue weighted by Crippen LogP contribution is -2.48. The highest BCUT2D eigenvalue weighted by Crippen LogP contribution is 2.29. The molecule has 2 aliphatic carbocycles. The van der Waals surface area contributed by atoms with Gasteiger partial charge in [0.2, 0.25) is 0 Å². The fourth-order valence-electron chi connectivity index (χ4n) is 2.47. The first-order chi connectivity index (χ1) is 9.56. The molecule has 2 N–H and O–H groups in total. The standard InChI is InChI=1S/C14H22N2O4/c1-9-4-2-3-5-11(9)15-14(19)16-12(17)8-20-13(18)10-6-7-10/h9-11H,2-8H2,1H3,(H2,15,16,17,19). The second-order valence-electron chi connectivity index (χ2n) is 5.77. The molecule has 6 nitrogen and oxygen atoms in total. The zero-order chi connectivity index (χ0) is 14.5. The molecular formula is C14H22N2O4. The highest BCUT2D eigenvalue weighted by Gasteiger charge is 2.31. The Morgan fingerprint density at radius 2 is 1.80 bits per heavy atom. The molecule has 0 bridgehead atoms. The molecule has 0 radical (unpaired) electrons. The van der Waals surface area contributed by atoms with Gasteiger partial charge in [0.25, 0.3) is 5.91 Å². The van der Waals surface area contributed by atoms with Crippen LogP contribution in [-0.2, 0) is 14.3 Å². The quantitative estimate of drug-likeness (QED) is 0.762. The Balaban J connectivity index is 1.65. The molecule has 112 valence electrons. The van der Waals surface area contributed by atoms with E-state index < -0.39 is 11.9 Å². The smallest absolute Gasteiger partial charge is 0.321 e. The first-order valence-electron chi connectivity index (χ1n) is 7.33. The third kappa shape index (κ3) is 4.51. The maximum absolute atomic E-state index is 11.7. The topological polar surface area (TPSA) is 84.5 Å². The van der Waals surface area contributed by atoms with E-state index in [4.69, 9.17) is 4.74 Å². The summed E-state index contributed by atoms with van der Waals surface area (Å²) < 4.78 is 4.81. The van der Waals surface area contributed by atoms with Crippen LogP contribution in [0.15, 0.2) is 0 Å². The number of carbonyl (C=O) groups is 3. The third-order valence-corrected chi connectivity index (χ3v) is 3.94. The number of amides is 3. The number of hydrogen-bond acceptors (Lipinski definition) is 4. The SMILES string of the molecule is CC1CCCCC1NC(=O)NC(=O)COC(=O)C1CC1. The summed E-state index contributed by atoms with van der Waals surface area (Å²) in [4.78, 5) is 34.4. The van der Waals surface area contributed by atoms with Gasteiger partial charge < -0.3 is 10.1 Å². The van der Waals surface area contributed by atoms with E-state index in [9.17, 15) is 14.4 Å². The van der Waals surface area contributed by atoms with E-state index in [-0.39, 0.29) is 24.5 Å². The van der Waals surface area contributed by atoms with E-state index in [0.717, 1.165) is 32.1 Å². The first kappa shape index (κ1) is 14.8. The number of imide groups is 1. The molecule has 0 saturated heterocycles. The van der Waals surface area contributed by atoms with Crippen molar-refractivity contribution in [2.45, 2.75) is 51.5 Å². The van der Waals surface area contributed by atoms with Crippen molar-refractivity contribution < 1.29 is 19.1 Å². The minimum absolute atomic E-state index is 0.0419. The van der Waals surface area contributed by atoms with Crippen molar-refractivity contribution in [3.8, 4) is 0 Å². The fraction of sp³-hybridized carbons (Fsp3) is 0.786. The van der Waals surface area contributed by atoms with Crippen molar-refractivity contribution in [1.82, 2.24) is 10.6 Å². The van der Waals surface area contributed by atoms with Crippen molar-refractivity contribution in [1.29, 1.82) is 0 Å². The van der Waals surface area contributed by atoms with Gasteiger partial charge in [-0.15, -0.1) is 0 Å². The molecular weight excluding hydrogens is 260 g/mol. The van der Waals surface area contributed by atoms with Crippen molar-refractivity contribution >= 4 is 17.9 Å². The summed E-state index contributed by atoms with van der Waals surface area (Å²) in [6.45, 7) is 1.71. The van der Waals surface area contributed by atoms with E-state index in [1.165, 1.54) is 6.42 Å². The van der Waals surface area contributed by atoms with Gasteiger partial charge in [-0.05, 0) is 31.6 Å². The molecule has 2 saturated carbocycles. The van der Waals surface area contributed by atoms with Crippen LogP contribution >= 0.6 is 0 Å². The Hall–Kier alpha value is -1.59. The number of nitrogens with one attached hydrogen (secondary N) is 2. The fourth-order valence-corrected chi connectivity index (χ4v) is 2.47. The Labute approximate surface area is 118 Å². The minimum Gasteiger partial charge on any atom is -0.455 e. The van der Waals surface area contributed by atoms with E-state index in [2.05, 4.69) is 17.6 Å². The molecule has 20 heavy (non-hydrogen) atoms. The highest BCUT2D eigenvalue weighted by atomic mass is 16.5. The molecule has 2 unspecified atom stereocenters. The summed E-state index contributed by atoms with van der Waals surface area (Å²) in [6.07, 6.45) is 6.00. The minimum atomic E-state index is -0.583. The van der Waals surface area contributed by atoms with Crippen molar-refractivity contribution in [3.05, 3.63) is 0 Å². The van der Waals surface area contributed by atoms with Crippen LogP contribution in [0, 0.1) is 11.8 Å². The first-order valence-corrected chi connectivity index (χ1v) is 7.33. The largest absolute Gasteiger partial charge is 0.455 e. The molecule has 0 aliphatic heterocycles. The van der Waals surface area contributed by atoms with Crippen LogP contribution in [0.25, 0.3) is 0 Å². The van der Waals surface area contributed by atoms with Gasteiger partial charge in [0.15, 0.2) is 6.61 Å². The summed E-state index contributed by atoms with van der Waals surface area (Å²) in [5, 5.41) is 5.01. The summed E-state index contributed by atoms with van der Waals surface area (Å²) in [5.74, 6) is -0.543. The predicted molar refractivity (Wildman–Crippen MR) is 71.8 cm³/mol. The summed E-state index contributed by atoms with van der Waals surface area (Å²) in [7, 11) is 0. The van der Waals surface area contributed by atoms with Crippen LogP contribution in [0.5, 0.6) is 0 Å². The van der Waals surface area contributed by atoms with Crippen LogP contribution in [0.3, 0.4) is 0 Å². The zero-order valence-electron chi connectivity index (χ0n) is 11.8. The Morgan fingerprint density at radius 1 is 1.10 bits per heavy atom. The van der Waals surface area contributed by atoms with Gasteiger partial charge in [-0.1, -0.05) is 19.8 Å². The molecule has 3 amide bonds. The Morgan fingerprint density at radius 3 is 2.45 bits per heavy atom. The third-order valence-electron chi connectivity index (χ3n) is 3.94. The van der Waals surface area contributed by atoms with Crippen LogP contribution in [0.4, 0.5) is 4.79 Å². The second-order valence-corrected chi connectivity index (χ2v) is 5.77. The molecule has 0 aromatic rings. The average Bonchev–Trinajstić information content (AvgIpc) is 3.23. The number of ether oxygens (including phenoxy) is 1. The maximum Gasteiger partial charge on any atom is 0.321 e. The number of urea groups is 1. The van der Waals surface area contributed by atoms with Crippen molar-refractivity contribution in [2.75, 3.05) is 6.61 Å². The van der Waals surface area contributed by atoms with Gasteiger partial charge in [0, 0.05) is 6.04 Å². The molecule has 2 atom stereocenters. The lowest BCUT2D eigenvalue weighted by molar-refractivity contribution is -0.149. The summed E-state index contributed by atoms with van der Waals surface area (Å²) >= 11 is 0. The molecule has 0 aromatic carbocycles. The molecule has 2 aliphatic rings. The molecule has 6 heteroatoms. The van der Waals surface area contributed by atoms with Crippen molar-refractivity contribution in [2.24, 2.45) is 11.8 Å². The molecule has 0 heterocycles. The lowest BCUT2D eigenvalue weighted by Gasteiger charge is -2.29. The van der Waals surface area contributed by atoms with Crippen LogP contribution < -0.4 is 10.6 Å². The van der Waals surface area contributed by atoms with Gasteiger partial charge >= 0.3 is 12.0 Å². The average molecular weight is 282 g/mol. The van der Waals surface area contributed by atoms with Gasteiger partial charge in [-0.25, -0.2) is 4.79 Å². The molecule has 2 rings (SSSR count). The van der Waals surface area contributed by atoms with Gasteiger partial charge in [-0.3, -0.25) is 14.9 Å². The number of carbonyl (C=O) groups excluding carboxylic acids is 3. The molecule has 0 spiro atoms. The Bertz CT molecular complexity index is 393. The summed E-state index contributed by atoms with van der Waals surface area (Å²) in [5.41, 5.74) is 0. The maximum atomic E-state index is 11.7. The van der Waals surface area contributed by atoms with E-state index in [1.54, 1.807) is 0 Å². The zero-order valence-corrected chi connectivity index (χ0v) is 11.8. The molecule has 0 aromatic heterocycles. The lowest BCUT2D eigenvalue weighted by atomic mass is 9.86. The second kappa shape index (κ2) is 6.72. The van der Waals surface area contributed by atoms with Crippen LogP contribution in [0.2, 0.25) is 0 Å². The van der Waals surface area contributed by atoms with Gasteiger partial charge in [0.05, 0.1) is 5.92 Å². The van der Waals surface area contributed by atoms with Crippen LogP contribution in [0.1, 0.15) is 45.4 Å². The highest BCUT2D eigenvalue weighted by molar-refractivity contribution is 5.95. The summed E-state index contributed by atoms with van der Waals surface area (Å²) in [6, 6.07) is -0.387. The normalized spacial score (nSPS) is 25.6. The Kier molecular flexibility index (Phi) is 4.98. The van der Waals surface area contributed by atoms with Crippen molar-refractivity contribution in [3.63, 3.8) is 0 Å². The predicted octanol–water partition coefficient (Wildman–Crippen LogP) is 1.34. The molecule has 2 fully saturated rings. The monoisotopic (exact) mass is 282 g/mol. The van der Waals surface area contributed by atoms with E-state index >= 15 is 0 Å². The number of rotatable bonds is 4.